The molecule has 0 bridgehead atoms. The molecule has 0 aliphatic heterocycles. The van der Waals surface area contributed by atoms with Crippen molar-refractivity contribution in [3.05, 3.63) is 11.6 Å². The van der Waals surface area contributed by atoms with Gasteiger partial charge in [-0.05, 0) is 55.9 Å². The Morgan fingerprint density at radius 3 is 1.40 bits per heavy atom. The maximum atomic E-state index is 12.0. The van der Waals surface area contributed by atoms with Gasteiger partial charge in [0.25, 0.3) is 0 Å². The fourth-order valence-corrected chi connectivity index (χ4v) is 5.75. The maximum Gasteiger partial charge on any atom is 0.306 e. The van der Waals surface area contributed by atoms with Crippen molar-refractivity contribution in [3.63, 3.8) is 0 Å². The first-order chi connectivity index (χ1) is 19.2. The second kappa shape index (κ2) is 28.3. The van der Waals surface area contributed by atoms with Crippen LogP contribution < -0.4 is 0 Å². The molecular weight excluding hydrogens is 488 g/mol. The van der Waals surface area contributed by atoms with Gasteiger partial charge in [0.1, 0.15) is 6.61 Å². The predicted octanol–water partition coefficient (Wildman–Crippen LogP) is 13.0. The molecule has 238 valence electrons. The third-order valence-electron chi connectivity index (χ3n) is 8.73. The van der Waals surface area contributed by atoms with Crippen molar-refractivity contribution >= 4 is 5.97 Å². The van der Waals surface area contributed by atoms with Gasteiger partial charge < -0.3 is 4.74 Å². The number of carbonyl (C=O) groups excluding carboxylic acids is 1. The lowest BCUT2D eigenvalue weighted by Gasteiger charge is -2.15. The first-order valence-electron chi connectivity index (χ1n) is 18.0. The van der Waals surface area contributed by atoms with E-state index in [0.717, 1.165) is 42.9 Å². The number of hydrogen-bond donors (Lipinski definition) is 0. The van der Waals surface area contributed by atoms with E-state index in [9.17, 15) is 4.79 Å². The highest BCUT2D eigenvalue weighted by atomic mass is 16.5. The smallest absolute Gasteiger partial charge is 0.306 e. The highest BCUT2D eigenvalue weighted by Gasteiger charge is 2.07. The molecule has 0 aromatic heterocycles. The molecule has 40 heavy (non-hydrogen) atoms. The molecule has 0 saturated carbocycles. The SMILES string of the molecule is C/C(=C\COC(=O)CCCCCCCCCCCCCCC(C)C)CCC[C@H](C)CCC[C@H](C)CCCC(C)C. The minimum atomic E-state index is -0.0236. The summed E-state index contributed by atoms with van der Waals surface area (Å²) < 4.78 is 5.46. The molecule has 0 heterocycles. The van der Waals surface area contributed by atoms with Crippen LogP contribution >= 0.6 is 0 Å². The van der Waals surface area contributed by atoms with Crippen molar-refractivity contribution < 1.29 is 9.53 Å². The predicted molar refractivity (Wildman–Crippen MR) is 179 cm³/mol. The van der Waals surface area contributed by atoms with E-state index in [2.05, 4.69) is 54.5 Å². The summed E-state index contributed by atoms with van der Waals surface area (Å²) in [5, 5.41) is 0. The van der Waals surface area contributed by atoms with E-state index in [4.69, 9.17) is 4.74 Å². The lowest BCUT2D eigenvalue weighted by Crippen LogP contribution is -2.04. The van der Waals surface area contributed by atoms with Gasteiger partial charge in [0.15, 0.2) is 0 Å². The molecule has 2 heteroatoms. The average molecular weight is 563 g/mol. The van der Waals surface area contributed by atoms with E-state index < -0.39 is 0 Å². The molecule has 0 aliphatic rings. The van der Waals surface area contributed by atoms with Crippen LogP contribution in [0.2, 0.25) is 0 Å². The Balaban J connectivity index is 3.53. The van der Waals surface area contributed by atoms with Gasteiger partial charge in [0.2, 0.25) is 0 Å². The molecule has 0 amide bonds. The molecule has 0 aromatic rings. The minimum Gasteiger partial charge on any atom is -0.461 e. The van der Waals surface area contributed by atoms with Crippen LogP contribution in [0.1, 0.15) is 196 Å². The van der Waals surface area contributed by atoms with Crippen LogP contribution in [0.5, 0.6) is 0 Å². The van der Waals surface area contributed by atoms with Gasteiger partial charge in [-0.25, -0.2) is 0 Å². The number of carbonyl (C=O) groups is 1. The molecule has 0 spiro atoms. The third-order valence-corrected chi connectivity index (χ3v) is 8.73. The molecule has 0 aliphatic carbocycles. The number of unbranched alkanes of at least 4 members (excludes halogenated alkanes) is 11. The number of esters is 1. The quantitative estimate of drug-likeness (QED) is 0.0515. The van der Waals surface area contributed by atoms with Gasteiger partial charge >= 0.3 is 5.97 Å². The summed E-state index contributed by atoms with van der Waals surface area (Å²) in [6, 6.07) is 0. The standard InChI is InChI=1S/C38H74O2/c1-33(2)23-18-16-14-12-10-8-9-11-13-15-17-19-30-38(39)40-32-31-37(7)29-22-28-36(6)27-21-26-35(5)25-20-24-34(3)4/h31,33-36H,8-30,32H2,1-7H3/b37-31+/t35-,36-/m1/s1. The van der Waals surface area contributed by atoms with Crippen LogP contribution in [0.4, 0.5) is 0 Å². The molecule has 0 fully saturated rings. The van der Waals surface area contributed by atoms with E-state index in [1.165, 1.54) is 128 Å². The third kappa shape index (κ3) is 30.2. The van der Waals surface area contributed by atoms with Gasteiger partial charge in [-0.1, -0.05) is 169 Å². The number of ether oxygens (including phenoxy) is 1. The van der Waals surface area contributed by atoms with Crippen molar-refractivity contribution in [2.45, 2.75) is 196 Å². The first-order valence-corrected chi connectivity index (χ1v) is 18.0. The number of rotatable bonds is 29. The Labute approximate surface area is 253 Å². The summed E-state index contributed by atoms with van der Waals surface area (Å²) in [5.74, 6) is 3.40. The van der Waals surface area contributed by atoms with Gasteiger partial charge in [-0.2, -0.15) is 0 Å². The van der Waals surface area contributed by atoms with Crippen molar-refractivity contribution in [1.82, 2.24) is 0 Å². The van der Waals surface area contributed by atoms with Gasteiger partial charge in [-0.3, -0.25) is 4.79 Å². The molecule has 0 saturated heterocycles. The maximum absolute atomic E-state index is 12.0. The Morgan fingerprint density at radius 2 is 0.900 bits per heavy atom. The summed E-state index contributed by atoms with van der Waals surface area (Å²) in [5.41, 5.74) is 1.37. The summed E-state index contributed by atoms with van der Waals surface area (Å²) in [4.78, 5) is 12.0. The molecule has 0 rings (SSSR count). The van der Waals surface area contributed by atoms with Crippen molar-refractivity contribution in [1.29, 1.82) is 0 Å². The molecule has 0 unspecified atom stereocenters. The molecule has 2 atom stereocenters. The Hall–Kier alpha value is -0.790. The van der Waals surface area contributed by atoms with Crippen LogP contribution in [-0.2, 0) is 9.53 Å². The van der Waals surface area contributed by atoms with E-state index in [1.807, 2.05) is 0 Å². The van der Waals surface area contributed by atoms with Crippen molar-refractivity contribution in [2.75, 3.05) is 6.61 Å². The molecule has 2 nitrogen and oxygen atoms in total. The zero-order chi connectivity index (χ0) is 29.8. The first kappa shape index (κ1) is 39.2. The fraction of sp³-hybridized carbons (Fsp3) is 0.921. The summed E-state index contributed by atoms with van der Waals surface area (Å²) in [6.45, 7) is 16.8. The van der Waals surface area contributed by atoms with Crippen LogP contribution in [-0.4, -0.2) is 12.6 Å². The van der Waals surface area contributed by atoms with Gasteiger partial charge in [0.05, 0.1) is 0 Å². The number of hydrogen-bond acceptors (Lipinski definition) is 2. The zero-order valence-electron chi connectivity index (χ0n) is 28.7. The monoisotopic (exact) mass is 563 g/mol. The van der Waals surface area contributed by atoms with Crippen LogP contribution in [0.3, 0.4) is 0 Å². The summed E-state index contributed by atoms with van der Waals surface area (Å²) >= 11 is 0. The van der Waals surface area contributed by atoms with E-state index in [0.29, 0.717) is 13.0 Å². The molecule has 0 N–H and O–H groups in total. The zero-order valence-corrected chi connectivity index (χ0v) is 28.7. The van der Waals surface area contributed by atoms with Crippen LogP contribution in [0, 0.1) is 23.7 Å². The number of allylic oxidation sites excluding steroid dienone is 1. The Kier molecular flexibility index (Phi) is 27.8. The lowest BCUT2D eigenvalue weighted by atomic mass is 9.91. The molecule has 0 aromatic carbocycles. The highest BCUT2D eigenvalue weighted by Crippen LogP contribution is 2.22. The fourth-order valence-electron chi connectivity index (χ4n) is 5.75. The van der Waals surface area contributed by atoms with Crippen molar-refractivity contribution in [3.8, 4) is 0 Å². The Morgan fingerprint density at radius 1 is 0.500 bits per heavy atom. The van der Waals surface area contributed by atoms with Gasteiger partial charge in [-0.15, -0.1) is 0 Å². The average Bonchev–Trinajstić information content (AvgIpc) is 2.88. The molecule has 0 radical (unpaired) electrons. The second-order valence-electron chi connectivity index (χ2n) is 14.3. The van der Waals surface area contributed by atoms with E-state index >= 15 is 0 Å². The summed E-state index contributed by atoms with van der Waals surface area (Å²) in [7, 11) is 0. The highest BCUT2D eigenvalue weighted by molar-refractivity contribution is 5.69. The molecular formula is C38H74O2. The normalized spacial score (nSPS) is 13.8. The minimum absolute atomic E-state index is 0.0236. The van der Waals surface area contributed by atoms with E-state index in [1.54, 1.807) is 0 Å². The second-order valence-corrected chi connectivity index (χ2v) is 14.3. The lowest BCUT2D eigenvalue weighted by molar-refractivity contribution is -0.142. The van der Waals surface area contributed by atoms with Gasteiger partial charge in [0, 0.05) is 6.42 Å². The van der Waals surface area contributed by atoms with E-state index in [-0.39, 0.29) is 5.97 Å². The van der Waals surface area contributed by atoms with Crippen molar-refractivity contribution in [2.24, 2.45) is 23.7 Å². The van der Waals surface area contributed by atoms with Crippen LogP contribution in [0.25, 0.3) is 0 Å². The topological polar surface area (TPSA) is 26.3 Å². The Bertz CT molecular complexity index is 576. The largest absolute Gasteiger partial charge is 0.461 e. The van der Waals surface area contributed by atoms with Crippen LogP contribution in [0.15, 0.2) is 11.6 Å². The summed E-state index contributed by atoms with van der Waals surface area (Å²) in [6.07, 6.45) is 32.1.